The zero-order valence-electron chi connectivity index (χ0n) is 13.9. The number of carbonyl (C=O) groups excluding carboxylic acids is 1. The maximum Gasteiger partial charge on any atom is 0.239 e. The summed E-state index contributed by atoms with van der Waals surface area (Å²) < 4.78 is 5.43. The summed E-state index contributed by atoms with van der Waals surface area (Å²) in [6.07, 6.45) is 2.31. The third-order valence-corrected chi connectivity index (χ3v) is 4.66. The van der Waals surface area contributed by atoms with Crippen molar-refractivity contribution >= 4 is 29.1 Å². The van der Waals surface area contributed by atoms with E-state index in [4.69, 9.17) is 4.74 Å². The molecule has 0 saturated carbocycles. The van der Waals surface area contributed by atoms with Gasteiger partial charge in [0.25, 0.3) is 0 Å². The molecule has 1 aliphatic heterocycles. The minimum Gasteiger partial charge on any atom is -0.494 e. The summed E-state index contributed by atoms with van der Waals surface area (Å²) in [5, 5.41) is 11.3. The molecule has 0 aliphatic carbocycles. The molecule has 1 atom stereocenters. The maximum absolute atomic E-state index is 12.1. The van der Waals surface area contributed by atoms with Gasteiger partial charge in [0, 0.05) is 0 Å². The molecule has 3 rings (SSSR count). The molecule has 0 bridgehead atoms. The fourth-order valence-corrected chi connectivity index (χ4v) is 3.34. The number of carbonyl (C=O) groups is 1. The molecule has 25 heavy (non-hydrogen) atoms. The predicted molar refractivity (Wildman–Crippen MR) is 102 cm³/mol. The lowest BCUT2D eigenvalue weighted by Crippen LogP contribution is -2.25. The quantitative estimate of drug-likeness (QED) is 0.640. The first-order chi connectivity index (χ1) is 12.2. The van der Waals surface area contributed by atoms with E-state index in [1.54, 1.807) is 6.21 Å². The first-order valence-corrected chi connectivity index (χ1v) is 8.98. The molecule has 5 nitrogen and oxygen atoms in total. The summed E-state index contributed by atoms with van der Waals surface area (Å²) in [7, 11) is 0. The number of nitrogens with zero attached hydrogens (tertiary/aromatic N) is 2. The number of amides is 1. The molecule has 2 aromatic rings. The Balaban J connectivity index is 1.58. The Morgan fingerprint density at radius 3 is 2.64 bits per heavy atom. The van der Waals surface area contributed by atoms with Crippen LogP contribution in [0.25, 0.3) is 0 Å². The second-order valence-corrected chi connectivity index (χ2v) is 6.63. The largest absolute Gasteiger partial charge is 0.494 e. The highest BCUT2D eigenvalue weighted by Gasteiger charge is 2.30. The van der Waals surface area contributed by atoms with Crippen LogP contribution in [0, 0.1) is 0 Å². The van der Waals surface area contributed by atoms with Crippen molar-refractivity contribution in [3.63, 3.8) is 0 Å². The van der Waals surface area contributed by atoms with Gasteiger partial charge in [-0.05, 0) is 36.6 Å². The Morgan fingerprint density at radius 2 is 1.92 bits per heavy atom. The van der Waals surface area contributed by atoms with Crippen molar-refractivity contribution < 1.29 is 9.53 Å². The van der Waals surface area contributed by atoms with Crippen LogP contribution in [0.3, 0.4) is 0 Å². The minimum absolute atomic E-state index is 0.0347. The van der Waals surface area contributed by atoms with Gasteiger partial charge in [-0.1, -0.05) is 54.2 Å². The molecule has 2 aromatic carbocycles. The van der Waals surface area contributed by atoms with E-state index in [0.29, 0.717) is 18.2 Å². The summed E-state index contributed by atoms with van der Waals surface area (Å²) in [5.74, 6) is 0.805. The molecule has 1 unspecified atom stereocenters. The minimum atomic E-state index is -0.191. The standard InChI is InChI=1S/C19H19N3O2S/c1-2-24-16-10-8-14(9-11-16)12-17-18(23)21-19(25-17)22-20-13-15-6-4-3-5-7-15/h3-11,13,17H,2,12H2,1H3,(H,21,22,23)/b20-13+. The first-order valence-electron chi connectivity index (χ1n) is 8.10. The number of benzene rings is 2. The van der Waals surface area contributed by atoms with Gasteiger partial charge in [0.1, 0.15) is 5.75 Å². The topological polar surface area (TPSA) is 63.1 Å². The Kier molecular flexibility index (Phi) is 5.85. The number of hydrogen-bond acceptors (Lipinski definition) is 5. The molecule has 1 aliphatic rings. The van der Waals surface area contributed by atoms with E-state index in [2.05, 4.69) is 15.5 Å². The molecular formula is C19H19N3O2S. The van der Waals surface area contributed by atoms with Crippen molar-refractivity contribution in [1.29, 1.82) is 0 Å². The second kappa shape index (κ2) is 8.48. The monoisotopic (exact) mass is 353 g/mol. The van der Waals surface area contributed by atoms with Crippen LogP contribution < -0.4 is 10.1 Å². The van der Waals surface area contributed by atoms with Gasteiger partial charge in [-0.2, -0.15) is 5.10 Å². The number of ether oxygens (including phenoxy) is 1. The van der Waals surface area contributed by atoms with Gasteiger partial charge in [0.2, 0.25) is 5.91 Å². The molecule has 1 amide bonds. The molecule has 1 fully saturated rings. The molecule has 6 heteroatoms. The summed E-state index contributed by atoms with van der Waals surface area (Å²) >= 11 is 1.41. The fourth-order valence-electron chi connectivity index (χ4n) is 2.38. The van der Waals surface area contributed by atoms with Gasteiger partial charge in [-0.15, -0.1) is 5.10 Å². The highest BCUT2D eigenvalue weighted by molar-refractivity contribution is 8.15. The van der Waals surface area contributed by atoms with Crippen LogP contribution in [0.15, 0.2) is 64.8 Å². The smallest absolute Gasteiger partial charge is 0.239 e. The molecule has 1 saturated heterocycles. The van der Waals surface area contributed by atoms with E-state index in [1.807, 2.05) is 61.5 Å². The average Bonchev–Trinajstić information content (AvgIpc) is 2.97. The van der Waals surface area contributed by atoms with E-state index in [9.17, 15) is 4.79 Å². The van der Waals surface area contributed by atoms with Gasteiger partial charge in [-0.3, -0.25) is 4.79 Å². The lowest BCUT2D eigenvalue weighted by atomic mass is 10.1. The summed E-state index contributed by atoms with van der Waals surface area (Å²) in [5.41, 5.74) is 2.05. The number of amidine groups is 1. The number of thioether (sulfide) groups is 1. The van der Waals surface area contributed by atoms with Gasteiger partial charge in [0.15, 0.2) is 5.17 Å². The third-order valence-electron chi connectivity index (χ3n) is 3.59. The Morgan fingerprint density at radius 1 is 1.16 bits per heavy atom. The Hall–Kier alpha value is -2.60. The van der Waals surface area contributed by atoms with Crippen LogP contribution in [0.4, 0.5) is 0 Å². The lowest BCUT2D eigenvalue weighted by Gasteiger charge is -2.07. The highest BCUT2D eigenvalue weighted by atomic mass is 32.2. The normalized spacial score (nSPS) is 18.7. The van der Waals surface area contributed by atoms with Crippen molar-refractivity contribution in [3.8, 4) is 5.75 Å². The Bertz CT molecular complexity index is 773. The molecule has 0 aromatic heterocycles. The highest BCUT2D eigenvalue weighted by Crippen LogP contribution is 2.24. The van der Waals surface area contributed by atoms with Crippen molar-refractivity contribution in [2.75, 3.05) is 6.61 Å². The summed E-state index contributed by atoms with van der Waals surface area (Å²) in [6, 6.07) is 17.5. The van der Waals surface area contributed by atoms with Gasteiger partial charge in [0.05, 0.1) is 18.1 Å². The number of hydrogen-bond donors (Lipinski definition) is 1. The van der Waals surface area contributed by atoms with Crippen LogP contribution in [0.2, 0.25) is 0 Å². The van der Waals surface area contributed by atoms with Gasteiger partial charge in [-0.25, -0.2) is 0 Å². The van der Waals surface area contributed by atoms with Crippen LogP contribution in [0.1, 0.15) is 18.1 Å². The first kappa shape index (κ1) is 17.2. The second-order valence-electron chi connectivity index (χ2n) is 5.44. The SMILES string of the molecule is CCOc1ccc(CC2S/C(=N\N=C\c3ccccc3)NC2=O)cc1. The van der Waals surface area contributed by atoms with E-state index < -0.39 is 0 Å². The van der Waals surface area contributed by atoms with Crippen LogP contribution >= 0.6 is 11.8 Å². The van der Waals surface area contributed by atoms with Gasteiger partial charge < -0.3 is 10.1 Å². The molecule has 1 N–H and O–H groups in total. The van der Waals surface area contributed by atoms with E-state index in [0.717, 1.165) is 16.9 Å². The van der Waals surface area contributed by atoms with Crippen molar-refractivity contribution in [2.45, 2.75) is 18.6 Å². The van der Waals surface area contributed by atoms with Crippen LogP contribution in [-0.2, 0) is 11.2 Å². The molecule has 0 radical (unpaired) electrons. The van der Waals surface area contributed by atoms with Gasteiger partial charge >= 0.3 is 0 Å². The van der Waals surface area contributed by atoms with E-state index >= 15 is 0 Å². The van der Waals surface area contributed by atoms with Crippen molar-refractivity contribution in [2.24, 2.45) is 10.2 Å². The number of rotatable bonds is 6. The van der Waals surface area contributed by atoms with E-state index in [1.165, 1.54) is 11.8 Å². The average molecular weight is 353 g/mol. The zero-order valence-corrected chi connectivity index (χ0v) is 14.7. The summed E-state index contributed by atoms with van der Waals surface area (Å²) in [4.78, 5) is 12.1. The predicted octanol–water partition coefficient (Wildman–Crippen LogP) is 3.25. The van der Waals surface area contributed by atoms with Crippen molar-refractivity contribution in [1.82, 2.24) is 5.32 Å². The third kappa shape index (κ3) is 4.93. The zero-order chi connectivity index (χ0) is 17.5. The number of nitrogens with one attached hydrogen (secondary N) is 1. The molecular weight excluding hydrogens is 334 g/mol. The Labute approximate surface area is 151 Å². The van der Waals surface area contributed by atoms with E-state index in [-0.39, 0.29) is 11.2 Å². The lowest BCUT2D eigenvalue weighted by molar-refractivity contribution is -0.118. The molecule has 1 heterocycles. The molecule has 0 spiro atoms. The maximum atomic E-state index is 12.1. The summed E-state index contributed by atoms with van der Waals surface area (Å²) in [6.45, 7) is 2.60. The van der Waals surface area contributed by atoms with Crippen molar-refractivity contribution in [3.05, 3.63) is 65.7 Å². The van der Waals surface area contributed by atoms with Crippen LogP contribution in [0.5, 0.6) is 5.75 Å². The van der Waals surface area contributed by atoms with Crippen LogP contribution in [-0.4, -0.2) is 29.1 Å². The molecule has 128 valence electrons. The fraction of sp³-hybridized carbons (Fsp3) is 0.211.